The first kappa shape index (κ1) is 17.1. The van der Waals surface area contributed by atoms with Crippen molar-refractivity contribution in [2.24, 2.45) is 4.99 Å². The summed E-state index contributed by atoms with van der Waals surface area (Å²) in [5, 5.41) is 14.6. The predicted octanol–water partition coefficient (Wildman–Crippen LogP) is 0.388. The molecule has 1 saturated carbocycles. The molecule has 5 rings (SSSR count). The number of fused-ring (bicyclic) bond motifs is 1. The molecule has 0 bridgehead atoms. The highest BCUT2D eigenvalue weighted by Crippen LogP contribution is 2.22. The van der Waals surface area contributed by atoms with E-state index in [1.807, 2.05) is 0 Å². The molecule has 11 heteroatoms. The van der Waals surface area contributed by atoms with E-state index in [4.69, 9.17) is 4.74 Å². The molecule has 0 saturated heterocycles. The van der Waals surface area contributed by atoms with E-state index in [-0.39, 0.29) is 29.4 Å². The molecule has 4 aromatic rings. The van der Waals surface area contributed by atoms with Crippen LogP contribution in [0.4, 0.5) is 4.39 Å². The van der Waals surface area contributed by atoms with Crippen molar-refractivity contribution in [1.82, 2.24) is 29.5 Å². The van der Waals surface area contributed by atoms with Crippen molar-refractivity contribution in [3.8, 4) is 17.6 Å². The zero-order valence-electron chi connectivity index (χ0n) is 14.8. The smallest absolute Gasteiger partial charge is 0.327 e. The summed E-state index contributed by atoms with van der Waals surface area (Å²) < 4.78 is 20.5. The second-order valence-electron chi connectivity index (χ2n) is 6.55. The Morgan fingerprint density at radius 1 is 1.31 bits per heavy atom. The number of H-pyrrole nitrogens is 2. The molecule has 146 valence electrons. The summed E-state index contributed by atoms with van der Waals surface area (Å²) in [5.74, 6) is -0.511. The van der Waals surface area contributed by atoms with E-state index in [0.29, 0.717) is 16.5 Å². The van der Waals surface area contributed by atoms with Gasteiger partial charge in [0.25, 0.3) is 5.62 Å². The number of imidazole rings is 1. The number of nitrogens with zero attached hydrogens (tertiary/aromatic N) is 5. The minimum atomic E-state index is -0.542. The third-order valence-electron chi connectivity index (χ3n) is 4.24. The van der Waals surface area contributed by atoms with Crippen molar-refractivity contribution in [2.75, 3.05) is 0 Å². The highest BCUT2D eigenvalue weighted by atomic mass is 19.1. The standard InChI is InChI=1S/C18H14FN7O3/c19-10-2-1-3-12(7-10)29-18-23-14-9(6-13-15(27)24-17(28)22-13)8-20-26(14)16(25-18)21-11-4-5-11/h1-3,6-8,11,27H,4-5H2,(H2,22,24,28)/b9-6-,21-16?. The van der Waals surface area contributed by atoms with Crippen molar-refractivity contribution in [3.63, 3.8) is 0 Å². The Labute approximate surface area is 161 Å². The molecule has 0 atom stereocenters. The number of aromatic nitrogens is 6. The van der Waals surface area contributed by atoms with Crippen LogP contribution in [0, 0.1) is 5.82 Å². The number of halogens is 1. The van der Waals surface area contributed by atoms with Crippen LogP contribution in [-0.2, 0) is 0 Å². The average molecular weight is 395 g/mol. The van der Waals surface area contributed by atoms with Crippen LogP contribution in [0.1, 0.15) is 18.5 Å². The van der Waals surface area contributed by atoms with Crippen LogP contribution in [0.2, 0.25) is 0 Å². The Bertz CT molecular complexity index is 1400. The van der Waals surface area contributed by atoms with Crippen molar-refractivity contribution in [1.29, 1.82) is 0 Å². The number of ether oxygens (including phenoxy) is 1. The molecule has 1 aromatic carbocycles. The fraction of sp³-hybridized carbons (Fsp3) is 0.167. The van der Waals surface area contributed by atoms with Gasteiger partial charge in [-0.05, 0) is 31.1 Å². The van der Waals surface area contributed by atoms with Crippen molar-refractivity contribution in [2.45, 2.75) is 18.9 Å². The maximum absolute atomic E-state index is 13.5. The molecule has 1 aliphatic carbocycles. The molecular formula is C18H14FN7O3. The molecule has 29 heavy (non-hydrogen) atoms. The van der Waals surface area contributed by atoms with Crippen molar-refractivity contribution < 1.29 is 14.2 Å². The first-order chi connectivity index (χ1) is 14.0. The summed E-state index contributed by atoms with van der Waals surface area (Å²) in [7, 11) is 0. The lowest BCUT2D eigenvalue weighted by Gasteiger charge is -2.04. The first-order valence-electron chi connectivity index (χ1n) is 8.81. The fourth-order valence-electron chi connectivity index (χ4n) is 2.74. The fourth-order valence-corrected chi connectivity index (χ4v) is 2.74. The molecule has 1 aliphatic rings. The number of nitrogens with one attached hydrogen (secondary N) is 2. The molecule has 0 aliphatic heterocycles. The van der Waals surface area contributed by atoms with Crippen molar-refractivity contribution in [3.05, 3.63) is 63.3 Å². The molecule has 0 amide bonds. The molecule has 3 heterocycles. The van der Waals surface area contributed by atoms with Crippen LogP contribution in [0.5, 0.6) is 17.6 Å². The largest absolute Gasteiger partial charge is 0.493 e. The van der Waals surface area contributed by atoms with Gasteiger partial charge in [-0.25, -0.2) is 14.2 Å². The van der Waals surface area contributed by atoms with Gasteiger partial charge in [-0.3, -0.25) is 4.98 Å². The van der Waals surface area contributed by atoms with Crippen LogP contribution < -0.4 is 21.3 Å². The molecule has 0 unspecified atom stereocenters. The summed E-state index contributed by atoms with van der Waals surface area (Å²) >= 11 is 0. The van der Waals surface area contributed by atoms with E-state index in [2.05, 4.69) is 30.0 Å². The van der Waals surface area contributed by atoms with Crippen LogP contribution in [0.25, 0.3) is 11.7 Å². The predicted molar refractivity (Wildman–Crippen MR) is 97.7 cm³/mol. The van der Waals surface area contributed by atoms with E-state index in [9.17, 15) is 14.3 Å². The summed E-state index contributed by atoms with van der Waals surface area (Å²) in [4.78, 5) is 29.3. The second kappa shape index (κ2) is 6.55. The third kappa shape index (κ3) is 3.45. The Kier molecular flexibility index (Phi) is 3.86. The topological polar surface area (TPSA) is 134 Å². The lowest BCUT2D eigenvalue weighted by molar-refractivity contribution is 0.432. The first-order valence-corrected chi connectivity index (χ1v) is 8.81. The van der Waals surface area contributed by atoms with Crippen LogP contribution in [0.15, 0.2) is 40.2 Å². The summed E-state index contributed by atoms with van der Waals surface area (Å²) in [5.41, 5.74) is 0.291. The summed E-state index contributed by atoms with van der Waals surface area (Å²) in [6.45, 7) is 0. The summed E-state index contributed by atoms with van der Waals surface area (Å²) in [6, 6.07) is 5.76. The zero-order valence-corrected chi connectivity index (χ0v) is 14.8. The van der Waals surface area contributed by atoms with Crippen molar-refractivity contribution >= 4 is 11.7 Å². The van der Waals surface area contributed by atoms with Crippen LogP contribution >= 0.6 is 0 Å². The lowest BCUT2D eigenvalue weighted by atomic mass is 10.3. The summed E-state index contributed by atoms with van der Waals surface area (Å²) in [6.07, 6.45) is 4.94. The lowest BCUT2D eigenvalue weighted by Crippen LogP contribution is -2.23. The van der Waals surface area contributed by atoms with Gasteiger partial charge in [-0.2, -0.15) is 19.6 Å². The molecule has 1 fully saturated rings. The number of benzene rings is 1. The SMILES string of the molecule is O=c1[nH]c(O)c(/C=c2/cnn3c(=NC4CC4)nc(Oc4cccc(F)c4)nc23)[nH]1. The highest BCUT2D eigenvalue weighted by molar-refractivity contribution is 5.56. The molecule has 0 radical (unpaired) electrons. The van der Waals surface area contributed by atoms with Gasteiger partial charge in [0.2, 0.25) is 5.88 Å². The zero-order chi connectivity index (χ0) is 20.0. The Balaban J connectivity index is 1.68. The highest BCUT2D eigenvalue weighted by Gasteiger charge is 2.21. The third-order valence-corrected chi connectivity index (χ3v) is 4.24. The normalized spacial score (nSPS) is 15.3. The molecule has 3 aromatic heterocycles. The molecule has 3 N–H and O–H groups in total. The number of aromatic hydroxyl groups is 1. The van der Waals surface area contributed by atoms with Gasteiger partial charge in [0.15, 0.2) is 5.65 Å². The second-order valence-corrected chi connectivity index (χ2v) is 6.55. The maximum Gasteiger partial charge on any atom is 0.327 e. The van der Waals surface area contributed by atoms with Gasteiger partial charge >= 0.3 is 11.7 Å². The number of hydrogen-bond acceptors (Lipinski definition) is 7. The van der Waals surface area contributed by atoms with E-state index >= 15 is 0 Å². The Morgan fingerprint density at radius 2 is 2.17 bits per heavy atom. The minimum Gasteiger partial charge on any atom is -0.493 e. The van der Waals surface area contributed by atoms with Gasteiger partial charge < -0.3 is 14.8 Å². The Morgan fingerprint density at radius 3 is 2.90 bits per heavy atom. The van der Waals surface area contributed by atoms with Gasteiger partial charge in [-0.15, -0.1) is 0 Å². The maximum atomic E-state index is 13.5. The minimum absolute atomic E-state index is 0.0237. The van der Waals surface area contributed by atoms with E-state index in [1.54, 1.807) is 6.07 Å². The quantitative estimate of drug-likeness (QED) is 0.458. The molecule has 0 spiro atoms. The van der Waals surface area contributed by atoms with E-state index < -0.39 is 11.5 Å². The number of rotatable bonds is 4. The van der Waals surface area contributed by atoms with Gasteiger partial charge in [-0.1, -0.05) is 6.07 Å². The van der Waals surface area contributed by atoms with Gasteiger partial charge in [0.1, 0.15) is 17.3 Å². The monoisotopic (exact) mass is 395 g/mol. The molecule has 10 nitrogen and oxygen atoms in total. The van der Waals surface area contributed by atoms with Crippen LogP contribution in [-0.4, -0.2) is 40.7 Å². The average Bonchev–Trinajstić information content (AvgIpc) is 3.31. The van der Waals surface area contributed by atoms with Crippen LogP contribution in [0.3, 0.4) is 0 Å². The van der Waals surface area contributed by atoms with Gasteiger partial charge in [0.05, 0.1) is 12.2 Å². The Hall–Kier alpha value is -4.02. The van der Waals surface area contributed by atoms with E-state index in [1.165, 1.54) is 35.0 Å². The molecular weight excluding hydrogens is 381 g/mol. The number of aromatic amines is 2. The van der Waals surface area contributed by atoms with E-state index in [0.717, 1.165) is 12.8 Å². The van der Waals surface area contributed by atoms with Gasteiger partial charge in [0, 0.05) is 11.3 Å². The number of hydrogen-bond donors (Lipinski definition) is 3.